The molecule has 1 heterocycles. The van der Waals surface area contributed by atoms with Gasteiger partial charge in [0.05, 0.1) is 12.6 Å². The Bertz CT molecular complexity index is 393. The highest BCUT2D eigenvalue weighted by Crippen LogP contribution is 2.29. The summed E-state index contributed by atoms with van der Waals surface area (Å²) in [6.07, 6.45) is 2.28. The Morgan fingerprint density at radius 1 is 1.20 bits per heavy atom. The van der Waals surface area contributed by atoms with Crippen LogP contribution in [0.15, 0.2) is 24.3 Å². The van der Waals surface area contributed by atoms with Gasteiger partial charge in [0.1, 0.15) is 5.75 Å². The molecular weight excluding hydrogens is 250 g/mol. The molecule has 0 aromatic heterocycles. The van der Waals surface area contributed by atoms with E-state index in [1.165, 1.54) is 12.0 Å². The fourth-order valence-corrected chi connectivity index (χ4v) is 2.64. The average molecular weight is 277 g/mol. The van der Waals surface area contributed by atoms with Gasteiger partial charge in [0.15, 0.2) is 0 Å². The van der Waals surface area contributed by atoms with Crippen LogP contribution in [0, 0.1) is 5.92 Å². The van der Waals surface area contributed by atoms with Crippen LogP contribution in [0.2, 0.25) is 0 Å². The van der Waals surface area contributed by atoms with Crippen molar-refractivity contribution in [2.75, 3.05) is 20.2 Å². The van der Waals surface area contributed by atoms with Crippen LogP contribution in [0.3, 0.4) is 0 Å². The lowest BCUT2D eigenvalue weighted by Crippen LogP contribution is -2.38. The summed E-state index contributed by atoms with van der Waals surface area (Å²) in [5.74, 6) is 1.52. The van der Waals surface area contributed by atoms with Gasteiger partial charge >= 0.3 is 0 Å². The molecule has 4 nitrogen and oxygen atoms in total. The van der Waals surface area contributed by atoms with E-state index in [1.807, 2.05) is 7.05 Å². The summed E-state index contributed by atoms with van der Waals surface area (Å²) in [4.78, 5) is 0. The number of hydrogen-bond donors (Lipinski definition) is 3. The van der Waals surface area contributed by atoms with Crippen LogP contribution >= 0.6 is 0 Å². The summed E-state index contributed by atoms with van der Waals surface area (Å²) in [7, 11) is 1.99. The molecule has 0 radical (unpaired) electrons. The first-order valence-electron chi connectivity index (χ1n) is 7.64. The third-order valence-electron chi connectivity index (χ3n) is 4.01. The van der Waals surface area contributed by atoms with Crippen molar-refractivity contribution in [1.82, 2.24) is 16.2 Å². The topological polar surface area (TPSA) is 45.3 Å². The minimum atomic E-state index is 0.359. The maximum atomic E-state index is 5.70. The third kappa shape index (κ3) is 3.72. The number of benzene rings is 1. The highest BCUT2D eigenvalue weighted by Gasteiger charge is 2.32. The summed E-state index contributed by atoms with van der Waals surface area (Å²) in [6, 6.07) is 9.30. The quantitative estimate of drug-likeness (QED) is 0.669. The predicted molar refractivity (Wildman–Crippen MR) is 82.7 cm³/mol. The monoisotopic (exact) mass is 277 g/mol. The first-order valence-corrected chi connectivity index (χ1v) is 7.64. The smallest absolute Gasteiger partial charge is 0.119 e. The van der Waals surface area contributed by atoms with Gasteiger partial charge < -0.3 is 10.1 Å². The van der Waals surface area contributed by atoms with Gasteiger partial charge in [-0.25, -0.2) is 5.43 Å². The first-order chi connectivity index (χ1) is 9.76. The van der Waals surface area contributed by atoms with Gasteiger partial charge in [0.2, 0.25) is 0 Å². The van der Waals surface area contributed by atoms with Crippen LogP contribution < -0.4 is 20.9 Å². The van der Waals surface area contributed by atoms with Crippen molar-refractivity contribution in [2.45, 2.75) is 38.8 Å². The number of nitrogens with one attached hydrogen (secondary N) is 3. The Balaban J connectivity index is 1.93. The lowest BCUT2D eigenvalue weighted by Gasteiger charge is -2.18. The molecule has 0 bridgehead atoms. The predicted octanol–water partition coefficient (Wildman–Crippen LogP) is 2.24. The van der Waals surface area contributed by atoms with E-state index in [0.29, 0.717) is 18.0 Å². The van der Waals surface area contributed by atoms with Gasteiger partial charge in [-0.1, -0.05) is 32.4 Å². The maximum Gasteiger partial charge on any atom is 0.119 e. The van der Waals surface area contributed by atoms with Gasteiger partial charge in [0, 0.05) is 12.6 Å². The number of hydrazine groups is 1. The molecule has 3 atom stereocenters. The van der Waals surface area contributed by atoms with Crippen LogP contribution in [-0.2, 0) is 0 Å². The molecule has 4 heteroatoms. The van der Waals surface area contributed by atoms with E-state index >= 15 is 0 Å². The van der Waals surface area contributed by atoms with Crippen molar-refractivity contribution >= 4 is 0 Å². The summed E-state index contributed by atoms with van der Waals surface area (Å²) in [6.45, 7) is 6.24. The Morgan fingerprint density at radius 3 is 2.60 bits per heavy atom. The minimum absolute atomic E-state index is 0.359. The summed E-state index contributed by atoms with van der Waals surface area (Å²) < 4.78 is 5.70. The molecule has 1 fully saturated rings. The Labute approximate surface area is 122 Å². The Hall–Kier alpha value is -1.10. The average Bonchev–Trinajstić information content (AvgIpc) is 2.82. The van der Waals surface area contributed by atoms with Crippen LogP contribution in [0.1, 0.15) is 38.3 Å². The highest BCUT2D eigenvalue weighted by atomic mass is 16.5. The zero-order valence-electron chi connectivity index (χ0n) is 12.8. The molecule has 0 aliphatic carbocycles. The molecule has 1 aromatic carbocycles. The van der Waals surface area contributed by atoms with Gasteiger partial charge in [0.25, 0.3) is 0 Å². The van der Waals surface area contributed by atoms with E-state index in [9.17, 15) is 0 Å². The largest absolute Gasteiger partial charge is 0.494 e. The molecule has 0 amide bonds. The number of ether oxygens (including phenoxy) is 1. The van der Waals surface area contributed by atoms with E-state index in [1.54, 1.807) is 0 Å². The molecule has 1 saturated heterocycles. The summed E-state index contributed by atoms with van der Waals surface area (Å²) in [5.41, 5.74) is 8.08. The SMILES string of the molecule is CCCCOc1ccc(C2NNC(CNC)C2C)cc1. The van der Waals surface area contributed by atoms with Gasteiger partial charge in [-0.2, -0.15) is 0 Å². The van der Waals surface area contributed by atoms with E-state index < -0.39 is 0 Å². The lowest BCUT2D eigenvalue weighted by molar-refractivity contribution is 0.309. The van der Waals surface area contributed by atoms with Crippen molar-refractivity contribution < 1.29 is 4.74 Å². The second-order valence-corrected chi connectivity index (χ2v) is 5.56. The van der Waals surface area contributed by atoms with Crippen molar-refractivity contribution in [3.05, 3.63) is 29.8 Å². The molecule has 1 aliphatic rings. The standard InChI is InChI=1S/C16H27N3O/c1-4-5-10-20-14-8-6-13(7-9-14)16-12(2)15(11-17-3)18-19-16/h6-9,12,15-19H,4-5,10-11H2,1-3H3. The molecule has 20 heavy (non-hydrogen) atoms. The first kappa shape index (κ1) is 15.3. The minimum Gasteiger partial charge on any atom is -0.494 e. The zero-order chi connectivity index (χ0) is 14.4. The molecule has 1 aromatic rings. The van der Waals surface area contributed by atoms with Gasteiger partial charge in [-0.15, -0.1) is 0 Å². The lowest BCUT2D eigenvalue weighted by atomic mass is 9.91. The second-order valence-electron chi connectivity index (χ2n) is 5.56. The van der Waals surface area contributed by atoms with Crippen molar-refractivity contribution in [3.8, 4) is 5.75 Å². The van der Waals surface area contributed by atoms with Crippen LogP contribution in [-0.4, -0.2) is 26.2 Å². The maximum absolute atomic E-state index is 5.70. The van der Waals surface area contributed by atoms with E-state index in [-0.39, 0.29) is 0 Å². The van der Waals surface area contributed by atoms with Crippen molar-refractivity contribution in [1.29, 1.82) is 0 Å². The summed E-state index contributed by atoms with van der Waals surface area (Å²) >= 11 is 0. The molecule has 112 valence electrons. The van der Waals surface area contributed by atoms with Gasteiger partial charge in [-0.3, -0.25) is 5.43 Å². The number of rotatable bonds is 7. The zero-order valence-corrected chi connectivity index (χ0v) is 12.8. The van der Waals surface area contributed by atoms with E-state index in [0.717, 1.165) is 25.3 Å². The molecule has 3 unspecified atom stereocenters. The van der Waals surface area contributed by atoms with E-state index in [2.05, 4.69) is 54.3 Å². The number of likely N-dealkylation sites (N-methyl/N-ethyl adjacent to an activating group) is 1. The Kier molecular flexibility index (Phi) is 5.83. The molecule has 1 aliphatic heterocycles. The number of unbranched alkanes of at least 4 members (excludes halogenated alkanes) is 1. The molecule has 3 N–H and O–H groups in total. The van der Waals surface area contributed by atoms with Crippen LogP contribution in [0.5, 0.6) is 5.75 Å². The molecule has 2 rings (SSSR count). The Morgan fingerprint density at radius 2 is 1.95 bits per heavy atom. The van der Waals surface area contributed by atoms with E-state index in [4.69, 9.17) is 4.74 Å². The normalized spacial score (nSPS) is 25.9. The highest BCUT2D eigenvalue weighted by molar-refractivity contribution is 5.30. The van der Waals surface area contributed by atoms with Crippen molar-refractivity contribution in [2.24, 2.45) is 5.92 Å². The molecule has 0 spiro atoms. The fourth-order valence-electron chi connectivity index (χ4n) is 2.64. The third-order valence-corrected chi connectivity index (χ3v) is 4.01. The molecule has 0 saturated carbocycles. The summed E-state index contributed by atoms with van der Waals surface area (Å²) in [5, 5.41) is 3.23. The van der Waals surface area contributed by atoms with Crippen molar-refractivity contribution in [3.63, 3.8) is 0 Å². The van der Waals surface area contributed by atoms with Crippen LogP contribution in [0.4, 0.5) is 0 Å². The fraction of sp³-hybridized carbons (Fsp3) is 0.625. The van der Waals surface area contributed by atoms with Crippen LogP contribution in [0.25, 0.3) is 0 Å². The van der Waals surface area contributed by atoms with Gasteiger partial charge in [-0.05, 0) is 37.1 Å². The molecular formula is C16H27N3O. The number of hydrogen-bond acceptors (Lipinski definition) is 4. The second kappa shape index (κ2) is 7.62.